The van der Waals surface area contributed by atoms with Gasteiger partial charge in [0.2, 0.25) is 0 Å². The summed E-state index contributed by atoms with van der Waals surface area (Å²) in [7, 11) is 1.63. The molecule has 0 spiro atoms. The van der Waals surface area contributed by atoms with E-state index in [4.69, 9.17) is 16.3 Å². The Kier molecular flexibility index (Phi) is 3.13. The summed E-state index contributed by atoms with van der Waals surface area (Å²) in [6.45, 7) is 0. The zero-order valence-corrected chi connectivity index (χ0v) is 8.47. The summed E-state index contributed by atoms with van der Waals surface area (Å²) in [6.07, 6.45) is 0. The molecule has 58 valence electrons. The Bertz CT molecular complexity index is 255. The predicted molar refractivity (Wildman–Crippen MR) is 48.3 cm³/mol. The third-order valence-corrected chi connectivity index (χ3v) is 2.36. The number of methoxy groups -OCH3 is 1. The van der Waals surface area contributed by atoms with E-state index in [0.29, 0.717) is 0 Å². The van der Waals surface area contributed by atoms with E-state index in [-0.39, 0.29) is 0 Å². The summed E-state index contributed by atoms with van der Waals surface area (Å²) in [5.41, 5.74) is 1.01. The van der Waals surface area contributed by atoms with Gasteiger partial charge in [0.25, 0.3) is 0 Å². The molecule has 0 aliphatic rings. The molecule has 1 aromatic rings. The van der Waals surface area contributed by atoms with E-state index in [0.717, 1.165) is 15.2 Å². The number of rotatable bonds is 2. The Balaban J connectivity index is 2.90. The molecule has 3 heteroatoms. The van der Waals surface area contributed by atoms with Gasteiger partial charge < -0.3 is 0 Å². The molecule has 0 atom stereocenters. The Morgan fingerprint density at radius 2 is 1.91 bits per heavy atom. The second-order valence-electron chi connectivity index (χ2n) is 2.00. The van der Waals surface area contributed by atoms with Crippen LogP contribution in [-0.4, -0.2) is 27.3 Å². The predicted octanol–water partition coefficient (Wildman–Crippen LogP) is 1.63. The maximum atomic E-state index is 5.70. The van der Waals surface area contributed by atoms with E-state index in [1.807, 2.05) is 24.3 Å². The summed E-state index contributed by atoms with van der Waals surface area (Å²) in [6, 6.07) is 7.45. The minimum absolute atomic E-state index is 0.734. The van der Waals surface area contributed by atoms with Crippen LogP contribution in [0.2, 0.25) is 5.02 Å². The van der Waals surface area contributed by atoms with Gasteiger partial charge in [-0.15, -0.1) is 0 Å². The molecular formula is C8H7ClOSe. The molecule has 0 aliphatic heterocycles. The average Bonchev–Trinajstić information content (AvgIpc) is 2.05. The van der Waals surface area contributed by atoms with E-state index < -0.39 is 0 Å². The molecule has 1 nitrogen and oxygen atoms in total. The van der Waals surface area contributed by atoms with Crippen molar-refractivity contribution in [2.45, 2.75) is 0 Å². The van der Waals surface area contributed by atoms with Gasteiger partial charge in [0, 0.05) is 0 Å². The molecule has 1 aromatic carbocycles. The van der Waals surface area contributed by atoms with Gasteiger partial charge in [-0.2, -0.15) is 0 Å². The van der Waals surface area contributed by atoms with Crippen molar-refractivity contribution in [3.8, 4) is 0 Å². The van der Waals surface area contributed by atoms with Crippen LogP contribution in [0.5, 0.6) is 0 Å². The van der Waals surface area contributed by atoms with E-state index in [9.17, 15) is 0 Å². The van der Waals surface area contributed by atoms with Gasteiger partial charge in [-0.25, -0.2) is 0 Å². The second kappa shape index (κ2) is 3.91. The topological polar surface area (TPSA) is 9.23 Å². The molecule has 0 amide bonds. The van der Waals surface area contributed by atoms with Crippen LogP contribution in [-0.2, 0) is 4.74 Å². The summed E-state index contributed by atoms with van der Waals surface area (Å²) in [4.78, 5) is 0. The number of hydrogen-bond acceptors (Lipinski definition) is 1. The number of ether oxygens (including phenoxy) is 1. The Hall–Kier alpha value is -0.301. The maximum absolute atomic E-state index is 5.70. The van der Waals surface area contributed by atoms with E-state index in [1.165, 1.54) is 0 Å². The first kappa shape index (κ1) is 8.79. The van der Waals surface area contributed by atoms with Crippen molar-refractivity contribution in [3.05, 3.63) is 34.9 Å². The Morgan fingerprint density at radius 1 is 1.36 bits per heavy atom. The van der Waals surface area contributed by atoms with E-state index in [1.54, 1.807) is 7.11 Å². The molecule has 0 aromatic heterocycles. The molecule has 11 heavy (non-hydrogen) atoms. The average molecular weight is 234 g/mol. The third kappa shape index (κ3) is 2.33. The van der Waals surface area contributed by atoms with Gasteiger partial charge in [0.15, 0.2) is 0 Å². The molecule has 1 rings (SSSR count). The van der Waals surface area contributed by atoms with Crippen LogP contribution in [0.3, 0.4) is 0 Å². The van der Waals surface area contributed by atoms with Crippen LogP contribution >= 0.6 is 11.6 Å². The fourth-order valence-electron chi connectivity index (χ4n) is 0.704. The van der Waals surface area contributed by atoms with Crippen molar-refractivity contribution >= 4 is 31.8 Å². The van der Waals surface area contributed by atoms with Gasteiger partial charge in [-0.3, -0.25) is 0 Å². The fraction of sp³-hybridized carbons (Fsp3) is 0.125. The van der Waals surface area contributed by atoms with Crippen LogP contribution < -0.4 is 0 Å². The van der Waals surface area contributed by atoms with Crippen LogP contribution in [0.15, 0.2) is 24.3 Å². The van der Waals surface area contributed by atoms with Gasteiger partial charge in [0.1, 0.15) is 0 Å². The zero-order chi connectivity index (χ0) is 8.27. The van der Waals surface area contributed by atoms with Crippen molar-refractivity contribution in [3.63, 3.8) is 0 Å². The minimum atomic E-state index is 0.734. The van der Waals surface area contributed by atoms with E-state index in [2.05, 4.69) is 15.6 Å². The van der Waals surface area contributed by atoms with Crippen molar-refractivity contribution < 1.29 is 4.74 Å². The first-order chi connectivity index (χ1) is 5.24. The number of benzene rings is 1. The molecule has 0 fully saturated rings. The molecule has 0 saturated heterocycles. The first-order valence-corrected chi connectivity index (χ1v) is 4.31. The van der Waals surface area contributed by atoms with Crippen LogP contribution in [0.1, 0.15) is 5.56 Å². The van der Waals surface area contributed by atoms with Crippen molar-refractivity contribution in [1.29, 1.82) is 0 Å². The van der Waals surface area contributed by atoms with E-state index >= 15 is 0 Å². The summed E-state index contributed by atoms with van der Waals surface area (Å²) in [5.74, 6) is 0. The van der Waals surface area contributed by atoms with Crippen LogP contribution in [0.25, 0.3) is 0 Å². The van der Waals surface area contributed by atoms with Crippen LogP contribution in [0, 0.1) is 0 Å². The molecule has 0 aliphatic carbocycles. The first-order valence-electron chi connectivity index (χ1n) is 3.08. The van der Waals surface area contributed by atoms with Gasteiger partial charge in [-0.05, 0) is 0 Å². The molecule has 0 saturated carbocycles. The quantitative estimate of drug-likeness (QED) is 0.706. The summed E-state index contributed by atoms with van der Waals surface area (Å²) >= 11 is 8.51. The second-order valence-corrected chi connectivity index (χ2v) is 3.21. The molecule has 0 bridgehead atoms. The fourth-order valence-corrected chi connectivity index (χ4v) is 1.12. The van der Waals surface area contributed by atoms with Crippen molar-refractivity contribution in [1.82, 2.24) is 0 Å². The SMILES string of the molecule is COC(=[Se])c1ccc(Cl)cc1. The molecule has 0 radical (unpaired) electrons. The molecular weight excluding hydrogens is 226 g/mol. The zero-order valence-electron chi connectivity index (χ0n) is 6.00. The normalized spacial score (nSPS) is 9.27. The summed E-state index contributed by atoms with van der Waals surface area (Å²) < 4.78 is 5.77. The molecule has 0 N–H and O–H groups in total. The number of halogens is 1. The van der Waals surface area contributed by atoms with Gasteiger partial charge >= 0.3 is 78.5 Å². The van der Waals surface area contributed by atoms with Gasteiger partial charge in [-0.1, -0.05) is 0 Å². The molecule has 0 heterocycles. The number of hydrogen-bond donors (Lipinski definition) is 0. The van der Waals surface area contributed by atoms with Crippen LogP contribution in [0.4, 0.5) is 0 Å². The standard InChI is InChI=1S/C8H7ClOSe/c1-10-8(11)6-2-4-7(9)5-3-6/h2-5H,1H3. The monoisotopic (exact) mass is 234 g/mol. The van der Waals surface area contributed by atoms with Crippen molar-refractivity contribution in [2.24, 2.45) is 0 Å². The Morgan fingerprint density at radius 3 is 2.36 bits per heavy atom. The van der Waals surface area contributed by atoms with Gasteiger partial charge in [0.05, 0.1) is 0 Å². The Labute approximate surface area is 78.7 Å². The molecule has 0 unspecified atom stereocenters. The third-order valence-electron chi connectivity index (χ3n) is 1.27. The van der Waals surface area contributed by atoms with Crippen molar-refractivity contribution in [2.75, 3.05) is 7.11 Å². The summed E-state index contributed by atoms with van der Waals surface area (Å²) in [5, 5.41) is 0.734.